The number of nitrogens with zero attached hydrogens (tertiary/aromatic N) is 1. The number of fused-ring (bicyclic) bond motifs is 2. The van der Waals surface area contributed by atoms with E-state index in [-0.39, 0.29) is 19.3 Å². The third-order valence-electron chi connectivity index (χ3n) is 8.00. The van der Waals surface area contributed by atoms with Gasteiger partial charge < -0.3 is 23.7 Å². The standard InChI is InChI=1S/C30H40NO8P/c1-28(2)33-21-24(36-28)25-26-27(39-29(3,4)37-26)30(38-25)17-11-12-18-31(30)40(32,34-19-22-13-7-5-8-14-22)35-20-23-15-9-6-10-16-23/h5-10,13-16,24-27H,11-12,17-21H2,1-4H3/t24-,25-,26+,27+,30+/m1/s1. The highest BCUT2D eigenvalue weighted by atomic mass is 31.2. The van der Waals surface area contributed by atoms with E-state index in [1.165, 1.54) is 0 Å². The molecule has 0 saturated carbocycles. The van der Waals surface area contributed by atoms with Crippen LogP contribution in [0.3, 0.4) is 0 Å². The highest BCUT2D eigenvalue weighted by Crippen LogP contribution is 2.63. The van der Waals surface area contributed by atoms with E-state index in [4.69, 9.17) is 32.7 Å². The molecule has 2 aromatic rings. The minimum atomic E-state index is -3.91. The SMILES string of the molecule is CC1(C)OC[C@H]([C@H]2O[C@@]3(CCCCN3P(=O)(OCc3ccccc3)OCc3ccccc3)[C@H]3OC(C)(C)O[C@@H]23)O1. The summed E-state index contributed by atoms with van der Waals surface area (Å²) in [6, 6.07) is 19.4. The normalized spacial score (nSPS) is 33.4. The first-order valence-corrected chi connectivity index (χ1v) is 15.7. The zero-order valence-electron chi connectivity index (χ0n) is 23.7. The van der Waals surface area contributed by atoms with Gasteiger partial charge in [0.2, 0.25) is 0 Å². The van der Waals surface area contributed by atoms with E-state index < -0.39 is 43.4 Å². The van der Waals surface area contributed by atoms with Crippen LogP contribution in [0.2, 0.25) is 0 Å². The van der Waals surface area contributed by atoms with Gasteiger partial charge in [-0.25, -0.2) is 4.57 Å². The van der Waals surface area contributed by atoms with Crippen molar-refractivity contribution in [1.82, 2.24) is 4.67 Å². The van der Waals surface area contributed by atoms with Crippen molar-refractivity contribution in [3.05, 3.63) is 71.8 Å². The second-order valence-corrected chi connectivity index (χ2v) is 13.8. The summed E-state index contributed by atoms with van der Waals surface area (Å²) >= 11 is 0. The Balaban J connectivity index is 1.35. The topological polar surface area (TPSA) is 84.9 Å². The van der Waals surface area contributed by atoms with Gasteiger partial charge in [0, 0.05) is 6.54 Å². The number of hydrogen-bond acceptors (Lipinski definition) is 8. The number of rotatable bonds is 8. The molecule has 4 fully saturated rings. The molecule has 10 heteroatoms. The van der Waals surface area contributed by atoms with E-state index in [0.29, 0.717) is 19.6 Å². The van der Waals surface area contributed by atoms with Gasteiger partial charge in [-0.1, -0.05) is 60.7 Å². The van der Waals surface area contributed by atoms with Crippen LogP contribution < -0.4 is 0 Å². The summed E-state index contributed by atoms with van der Waals surface area (Å²) in [4.78, 5) is 0. The van der Waals surface area contributed by atoms with Crippen molar-refractivity contribution < 1.29 is 37.3 Å². The first-order valence-electron chi connectivity index (χ1n) is 14.2. The van der Waals surface area contributed by atoms with Crippen molar-refractivity contribution in [2.24, 2.45) is 0 Å². The maximum Gasteiger partial charge on any atom is 0.411 e. The fourth-order valence-corrected chi connectivity index (χ4v) is 8.29. The molecule has 0 radical (unpaired) electrons. The lowest BCUT2D eigenvalue weighted by Gasteiger charge is -2.48. The quantitative estimate of drug-likeness (QED) is 0.365. The number of ether oxygens (including phenoxy) is 5. The van der Waals surface area contributed by atoms with Gasteiger partial charge in [-0.2, -0.15) is 4.67 Å². The van der Waals surface area contributed by atoms with Crippen LogP contribution in [-0.2, 0) is 50.5 Å². The van der Waals surface area contributed by atoms with E-state index >= 15 is 4.57 Å². The molecule has 0 aliphatic carbocycles. The molecule has 0 bridgehead atoms. The van der Waals surface area contributed by atoms with E-state index in [9.17, 15) is 0 Å². The molecule has 0 N–H and O–H groups in total. The van der Waals surface area contributed by atoms with E-state index in [1.54, 1.807) is 4.67 Å². The summed E-state index contributed by atoms with van der Waals surface area (Å²) in [7, 11) is -3.91. The molecule has 4 heterocycles. The maximum absolute atomic E-state index is 15.0. The van der Waals surface area contributed by atoms with Crippen LogP contribution in [0.4, 0.5) is 0 Å². The first-order chi connectivity index (χ1) is 19.1. The Bertz CT molecular complexity index is 1160. The van der Waals surface area contributed by atoms with E-state index in [0.717, 1.165) is 24.0 Å². The zero-order valence-corrected chi connectivity index (χ0v) is 24.6. The molecule has 40 heavy (non-hydrogen) atoms. The summed E-state index contributed by atoms with van der Waals surface area (Å²) in [5.74, 6) is -1.57. The zero-order chi connectivity index (χ0) is 28.0. The van der Waals surface area contributed by atoms with Gasteiger partial charge in [0.15, 0.2) is 17.3 Å². The van der Waals surface area contributed by atoms with Gasteiger partial charge in [0.25, 0.3) is 0 Å². The lowest BCUT2D eigenvalue weighted by atomic mass is 9.93. The fraction of sp³-hybridized carbons (Fsp3) is 0.600. The van der Waals surface area contributed by atoms with Crippen molar-refractivity contribution in [1.29, 1.82) is 0 Å². The molecule has 5 atom stereocenters. The van der Waals surface area contributed by atoms with E-state index in [2.05, 4.69) is 0 Å². The van der Waals surface area contributed by atoms with Crippen LogP contribution in [0.5, 0.6) is 0 Å². The Morgan fingerprint density at radius 1 is 0.800 bits per heavy atom. The molecule has 0 amide bonds. The number of hydrogen-bond donors (Lipinski definition) is 0. The molecule has 0 unspecified atom stereocenters. The van der Waals surface area contributed by atoms with E-state index in [1.807, 2.05) is 88.4 Å². The van der Waals surface area contributed by atoms with Crippen LogP contribution >= 0.6 is 7.75 Å². The molecule has 4 aliphatic rings. The van der Waals surface area contributed by atoms with Crippen LogP contribution in [0.1, 0.15) is 58.1 Å². The largest absolute Gasteiger partial charge is 0.411 e. The van der Waals surface area contributed by atoms with Crippen molar-refractivity contribution in [2.45, 2.75) is 102 Å². The maximum atomic E-state index is 15.0. The Labute approximate surface area is 236 Å². The van der Waals surface area contributed by atoms with Crippen LogP contribution in [0.25, 0.3) is 0 Å². The molecular weight excluding hydrogens is 533 g/mol. The Morgan fingerprint density at radius 2 is 1.43 bits per heavy atom. The minimum absolute atomic E-state index is 0.133. The summed E-state index contributed by atoms with van der Waals surface area (Å²) < 4.78 is 61.4. The summed E-state index contributed by atoms with van der Waals surface area (Å²) in [5.41, 5.74) is 0.724. The summed E-state index contributed by atoms with van der Waals surface area (Å²) in [6.45, 7) is 8.68. The van der Waals surface area contributed by atoms with Crippen LogP contribution in [0.15, 0.2) is 60.7 Å². The lowest BCUT2D eigenvalue weighted by molar-refractivity contribution is -0.256. The van der Waals surface area contributed by atoms with Gasteiger partial charge in [0.1, 0.15) is 24.4 Å². The number of benzene rings is 2. The lowest BCUT2D eigenvalue weighted by Crippen LogP contribution is -2.58. The molecule has 218 valence electrons. The van der Waals surface area contributed by atoms with Gasteiger partial charge in [-0.3, -0.25) is 9.05 Å². The van der Waals surface area contributed by atoms with Gasteiger partial charge in [-0.15, -0.1) is 0 Å². The van der Waals surface area contributed by atoms with Crippen molar-refractivity contribution in [3.63, 3.8) is 0 Å². The second-order valence-electron chi connectivity index (χ2n) is 11.9. The molecule has 9 nitrogen and oxygen atoms in total. The van der Waals surface area contributed by atoms with Gasteiger partial charge in [-0.05, 0) is 58.1 Å². The molecule has 6 rings (SSSR count). The minimum Gasteiger partial charge on any atom is -0.348 e. The van der Waals surface area contributed by atoms with Crippen molar-refractivity contribution in [2.75, 3.05) is 13.2 Å². The predicted molar refractivity (Wildman–Crippen MR) is 147 cm³/mol. The predicted octanol–water partition coefficient (Wildman–Crippen LogP) is 5.78. The Hall–Kier alpha value is -1.65. The molecular formula is C30H40NO8P. The fourth-order valence-electron chi connectivity index (χ4n) is 6.25. The van der Waals surface area contributed by atoms with Gasteiger partial charge >= 0.3 is 7.75 Å². The van der Waals surface area contributed by atoms with Crippen LogP contribution in [0, 0.1) is 0 Å². The Kier molecular flexibility index (Phi) is 7.74. The van der Waals surface area contributed by atoms with Crippen molar-refractivity contribution >= 4 is 7.75 Å². The second kappa shape index (κ2) is 10.9. The summed E-state index contributed by atoms with van der Waals surface area (Å²) in [6.07, 6.45) is 0.490. The molecule has 1 spiro atoms. The number of piperidine rings is 1. The van der Waals surface area contributed by atoms with Crippen molar-refractivity contribution in [3.8, 4) is 0 Å². The monoisotopic (exact) mass is 573 g/mol. The molecule has 4 aliphatic heterocycles. The average Bonchev–Trinajstić information content (AvgIpc) is 3.57. The average molecular weight is 574 g/mol. The smallest absolute Gasteiger partial charge is 0.348 e. The third kappa shape index (κ3) is 5.56. The highest BCUT2D eigenvalue weighted by molar-refractivity contribution is 7.51. The molecule has 4 saturated heterocycles. The molecule has 0 aromatic heterocycles. The van der Waals surface area contributed by atoms with Gasteiger partial charge in [0.05, 0.1) is 19.8 Å². The third-order valence-corrected chi connectivity index (χ3v) is 10.0. The Morgan fingerprint density at radius 3 is 2.00 bits per heavy atom. The molecule has 2 aromatic carbocycles. The van der Waals surface area contributed by atoms with Crippen LogP contribution in [-0.4, -0.2) is 59.5 Å². The highest BCUT2D eigenvalue weighted by Gasteiger charge is 2.70. The first kappa shape index (κ1) is 28.5. The summed E-state index contributed by atoms with van der Waals surface area (Å²) in [5, 5.41) is 0.